The number of nitrogens with two attached hydrogens (primary N) is 1. The van der Waals surface area contributed by atoms with Gasteiger partial charge in [-0.15, -0.1) is 0 Å². The van der Waals surface area contributed by atoms with Crippen LogP contribution < -0.4 is 11.1 Å². The molecule has 1 aromatic rings. The van der Waals surface area contributed by atoms with Gasteiger partial charge in [0.1, 0.15) is 5.82 Å². The summed E-state index contributed by atoms with van der Waals surface area (Å²) in [6.45, 7) is 1.93. The molecule has 5 nitrogen and oxygen atoms in total. The molecule has 2 aliphatic rings. The fourth-order valence-corrected chi connectivity index (χ4v) is 4.14. The molecule has 1 aromatic heterocycles. The van der Waals surface area contributed by atoms with Crippen molar-refractivity contribution in [1.82, 2.24) is 9.88 Å². The number of rotatable bonds is 5. The molecule has 24 heavy (non-hydrogen) atoms. The van der Waals surface area contributed by atoms with E-state index in [9.17, 15) is 4.79 Å². The quantitative estimate of drug-likeness (QED) is 0.871. The van der Waals surface area contributed by atoms with Gasteiger partial charge in [0.05, 0.1) is 0 Å². The summed E-state index contributed by atoms with van der Waals surface area (Å²) in [6.07, 6.45) is 9.51. The van der Waals surface area contributed by atoms with Crippen LogP contribution in [0.1, 0.15) is 56.6 Å². The van der Waals surface area contributed by atoms with Crippen molar-refractivity contribution in [2.75, 3.05) is 25.5 Å². The van der Waals surface area contributed by atoms with Crippen molar-refractivity contribution in [2.45, 2.75) is 51.0 Å². The molecule has 1 unspecified atom stereocenters. The highest BCUT2D eigenvalue weighted by molar-refractivity contribution is 5.89. The number of pyridine rings is 1. The monoisotopic (exact) mass is 330 g/mol. The Bertz CT molecular complexity index is 537. The molecule has 1 aliphatic heterocycles. The minimum atomic E-state index is 0.0874. The molecule has 0 aromatic carbocycles. The Morgan fingerprint density at radius 3 is 2.58 bits per heavy atom. The van der Waals surface area contributed by atoms with Crippen LogP contribution in [0.5, 0.6) is 0 Å². The summed E-state index contributed by atoms with van der Waals surface area (Å²) in [4.78, 5) is 19.0. The molecule has 2 fully saturated rings. The predicted octanol–water partition coefficient (Wildman–Crippen LogP) is 2.94. The number of hydrogen-bond acceptors (Lipinski definition) is 4. The van der Waals surface area contributed by atoms with Gasteiger partial charge in [0.2, 0.25) is 5.91 Å². The first-order valence-electron chi connectivity index (χ1n) is 9.32. The van der Waals surface area contributed by atoms with Crippen LogP contribution >= 0.6 is 0 Å². The lowest BCUT2D eigenvalue weighted by molar-refractivity contribution is -0.117. The molecule has 0 bridgehead atoms. The first kappa shape index (κ1) is 17.4. The number of nitrogens with zero attached hydrogens (tertiary/aromatic N) is 2. The molecule has 0 spiro atoms. The Morgan fingerprint density at radius 2 is 2.00 bits per heavy atom. The zero-order valence-electron chi connectivity index (χ0n) is 14.7. The number of anilines is 1. The lowest BCUT2D eigenvalue weighted by Crippen LogP contribution is -2.24. The molecule has 3 N–H and O–H groups in total. The van der Waals surface area contributed by atoms with E-state index in [0.29, 0.717) is 30.1 Å². The Kier molecular flexibility index (Phi) is 5.85. The summed E-state index contributed by atoms with van der Waals surface area (Å²) >= 11 is 0. The number of aromatic nitrogens is 1. The van der Waals surface area contributed by atoms with E-state index in [1.54, 1.807) is 0 Å². The average Bonchev–Trinajstić information content (AvgIpc) is 3.02. The minimum Gasteiger partial charge on any atom is -0.330 e. The summed E-state index contributed by atoms with van der Waals surface area (Å²) in [7, 11) is 2.16. The highest BCUT2D eigenvalue weighted by atomic mass is 16.1. The third-order valence-corrected chi connectivity index (χ3v) is 5.73. The number of carbonyl (C=O) groups is 1. The fourth-order valence-electron chi connectivity index (χ4n) is 4.14. The van der Waals surface area contributed by atoms with Crippen molar-refractivity contribution < 1.29 is 4.79 Å². The lowest BCUT2D eigenvalue weighted by atomic mass is 9.80. The molecule has 5 heteroatoms. The van der Waals surface area contributed by atoms with Crippen molar-refractivity contribution in [3.63, 3.8) is 0 Å². The lowest BCUT2D eigenvalue weighted by Gasteiger charge is -2.27. The Hall–Kier alpha value is -1.46. The number of carbonyl (C=O) groups excluding carboxylic acids is 1. The van der Waals surface area contributed by atoms with E-state index in [1.165, 1.54) is 18.4 Å². The van der Waals surface area contributed by atoms with E-state index in [-0.39, 0.29) is 5.91 Å². The number of amides is 1. The predicted molar refractivity (Wildman–Crippen MR) is 96.6 cm³/mol. The van der Waals surface area contributed by atoms with Gasteiger partial charge in [-0.2, -0.15) is 0 Å². The van der Waals surface area contributed by atoms with E-state index in [4.69, 9.17) is 5.73 Å². The first-order valence-corrected chi connectivity index (χ1v) is 9.32. The van der Waals surface area contributed by atoms with Crippen molar-refractivity contribution in [3.05, 3.63) is 23.9 Å². The summed E-state index contributed by atoms with van der Waals surface area (Å²) < 4.78 is 0. The maximum Gasteiger partial charge on any atom is 0.225 e. The van der Waals surface area contributed by atoms with Gasteiger partial charge in [0.25, 0.3) is 0 Å². The fraction of sp³-hybridized carbons (Fsp3) is 0.684. The van der Waals surface area contributed by atoms with Crippen molar-refractivity contribution in [1.29, 1.82) is 0 Å². The van der Waals surface area contributed by atoms with E-state index >= 15 is 0 Å². The second-order valence-corrected chi connectivity index (χ2v) is 7.49. The topological polar surface area (TPSA) is 71.2 Å². The molecule has 1 amide bonds. The van der Waals surface area contributed by atoms with Gasteiger partial charge in [0, 0.05) is 18.7 Å². The third-order valence-electron chi connectivity index (χ3n) is 5.73. The summed E-state index contributed by atoms with van der Waals surface area (Å²) in [5.74, 6) is 1.91. The molecular formula is C19H30N4O. The van der Waals surface area contributed by atoms with Crippen LogP contribution in [0.3, 0.4) is 0 Å². The first-order chi connectivity index (χ1) is 11.7. The summed E-state index contributed by atoms with van der Waals surface area (Å²) in [5, 5.41) is 2.96. The second kappa shape index (κ2) is 8.08. The van der Waals surface area contributed by atoms with Crippen LogP contribution in [0.25, 0.3) is 0 Å². The van der Waals surface area contributed by atoms with Gasteiger partial charge >= 0.3 is 0 Å². The highest BCUT2D eigenvalue weighted by Gasteiger charge is 2.24. The summed E-state index contributed by atoms with van der Waals surface area (Å²) in [6, 6.07) is 4.51. The van der Waals surface area contributed by atoms with Gasteiger partial charge in [-0.25, -0.2) is 4.98 Å². The molecular weight excluding hydrogens is 300 g/mol. The van der Waals surface area contributed by atoms with E-state index < -0.39 is 0 Å². The molecule has 132 valence electrons. The zero-order valence-corrected chi connectivity index (χ0v) is 14.7. The van der Waals surface area contributed by atoms with Crippen LogP contribution in [0.15, 0.2) is 18.3 Å². The highest BCUT2D eigenvalue weighted by Crippen LogP contribution is 2.31. The molecule has 0 radical (unpaired) electrons. The smallest absolute Gasteiger partial charge is 0.225 e. The van der Waals surface area contributed by atoms with E-state index in [1.807, 2.05) is 12.3 Å². The maximum atomic E-state index is 12.2. The van der Waals surface area contributed by atoms with Crippen LogP contribution in [0.2, 0.25) is 0 Å². The third kappa shape index (κ3) is 4.33. The Labute approximate surface area is 145 Å². The van der Waals surface area contributed by atoms with Crippen LogP contribution in [-0.4, -0.2) is 35.9 Å². The van der Waals surface area contributed by atoms with E-state index in [2.05, 4.69) is 28.3 Å². The summed E-state index contributed by atoms with van der Waals surface area (Å²) in [5.41, 5.74) is 6.97. The molecule has 3 rings (SSSR count). The second-order valence-electron chi connectivity index (χ2n) is 7.49. The molecule has 1 aliphatic carbocycles. The van der Waals surface area contributed by atoms with E-state index in [0.717, 1.165) is 38.8 Å². The molecule has 1 atom stereocenters. The average molecular weight is 330 g/mol. The van der Waals surface area contributed by atoms with Gasteiger partial charge in [-0.1, -0.05) is 6.07 Å². The maximum absolute atomic E-state index is 12.2. The van der Waals surface area contributed by atoms with Crippen LogP contribution in [0, 0.1) is 11.8 Å². The molecule has 1 saturated carbocycles. The molecule has 1 saturated heterocycles. The Balaban J connectivity index is 1.48. The van der Waals surface area contributed by atoms with Gasteiger partial charge in [-0.3, -0.25) is 9.69 Å². The standard InChI is InChI=1S/C19H30N4O/c1-23-10-2-3-17(23)16-8-9-18(21-13-16)22-19(24)11-14-4-6-15(12-20)7-5-14/h8-9,13-15,17H,2-7,10-12,20H2,1H3,(H,21,22,24). The largest absolute Gasteiger partial charge is 0.330 e. The number of hydrogen-bond donors (Lipinski definition) is 2. The SMILES string of the molecule is CN1CCCC1c1ccc(NC(=O)CC2CCC(CN)CC2)nc1. The van der Waals surface area contributed by atoms with Gasteiger partial charge in [-0.05, 0) is 82.1 Å². The van der Waals surface area contributed by atoms with Gasteiger partial charge < -0.3 is 11.1 Å². The normalized spacial score (nSPS) is 28.0. The van der Waals surface area contributed by atoms with Crippen molar-refractivity contribution in [3.8, 4) is 0 Å². The molecule has 2 heterocycles. The number of likely N-dealkylation sites (tertiary alicyclic amines) is 1. The van der Waals surface area contributed by atoms with Crippen LogP contribution in [-0.2, 0) is 4.79 Å². The minimum absolute atomic E-state index is 0.0874. The van der Waals surface area contributed by atoms with Gasteiger partial charge in [0.15, 0.2) is 0 Å². The Morgan fingerprint density at radius 1 is 1.25 bits per heavy atom. The van der Waals surface area contributed by atoms with Crippen LogP contribution in [0.4, 0.5) is 5.82 Å². The number of nitrogens with one attached hydrogen (secondary N) is 1. The van der Waals surface area contributed by atoms with Crippen molar-refractivity contribution >= 4 is 11.7 Å². The van der Waals surface area contributed by atoms with Crippen molar-refractivity contribution in [2.24, 2.45) is 17.6 Å². The zero-order chi connectivity index (χ0) is 16.9.